The molecule has 0 saturated heterocycles. The van der Waals surface area contributed by atoms with Gasteiger partial charge in [0.1, 0.15) is 17.3 Å². The molecule has 1 fully saturated rings. The standard InChI is InChI=1S/C23H26O6/c1-13(24)14-9-10-17(23(26)29-4)18(11-14)21(25)19-12-20(27-2)15-7-5-6-8-16(15)22(19)28-3/h5-8,12,14,17-18H,9-11H2,1-4H3. The van der Waals surface area contributed by atoms with Crippen molar-refractivity contribution in [3.63, 3.8) is 0 Å². The molecule has 3 unspecified atom stereocenters. The number of carbonyl (C=O) groups excluding carboxylic acids is 3. The van der Waals surface area contributed by atoms with Crippen LogP contribution in [0.4, 0.5) is 0 Å². The molecule has 29 heavy (non-hydrogen) atoms. The van der Waals surface area contributed by atoms with Crippen LogP contribution in [0.5, 0.6) is 11.5 Å². The topological polar surface area (TPSA) is 78.9 Å². The minimum Gasteiger partial charge on any atom is -0.496 e. The molecule has 0 amide bonds. The summed E-state index contributed by atoms with van der Waals surface area (Å²) in [4.78, 5) is 38.0. The van der Waals surface area contributed by atoms with Crippen LogP contribution in [-0.2, 0) is 14.3 Å². The average Bonchev–Trinajstić information content (AvgIpc) is 2.76. The highest BCUT2D eigenvalue weighted by Crippen LogP contribution is 2.42. The van der Waals surface area contributed by atoms with Gasteiger partial charge in [-0.3, -0.25) is 14.4 Å². The predicted molar refractivity (Wildman–Crippen MR) is 108 cm³/mol. The van der Waals surface area contributed by atoms with Crippen LogP contribution in [0.2, 0.25) is 0 Å². The van der Waals surface area contributed by atoms with Gasteiger partial charge in [-0.05, 0) is 32.3 Å². The number of methoxy groups -OCH3 is 3. The Labute approximate surface area is 170 Å². The van der Waals surface area contributed by atoms with Crippen molar-refractivity contribution >= 4 is 28.3 Å². The first-order chi connectivity index (χ1) is 13.9. The summed E-state index contributed by atoms with van der Waals surface area (Å²) in [6.07, 6.45) is 1.35. The number of hydrogen-bond acceptors (Lipinski definition) is 6. The van der Waals surface area contributed by atoms with Crippen molar-refractivity contribution in [1.82, 2.24) is 0 Å². The third-order valence-electron chi connectivity index (χ3n) is 5.91. The van der Waals surface area contributed by atoms with Gasteiger partial charge in [-0.25, -0.2) is 0 Å². The van der Waals surface area contributed by atoms with Gasteiger partial charge in [-0.15, -0.1) is 0 Å². The molecule has 2 aromatic carbocycles. The normalized spacial score (nSPS) is 21.4. The molecule has 0 N–H and O–H groups in total. The van der Waals surface area contributed by atoms with E-state index in [0.29, 0.717) is 36.3 Å². The second-order valence-electron chi connectivity index (χ2n) is 7.43. The zero-order valence-corrected chi connectivity index (χ0v) is 17.2. The van der Waals surface area contributed by atoms with Gasteiger partial charge in [-0.2, -0.15) is 0 Å². The Kier molecular flexibility index (Phi) is 6.20. The molecule has 0 spiro atoms. The summed E-state index contributed by atoms with van der Waals surface area (Å²) in [5, 5.41) is 1.59. The van der Waals surface area contributed by atoms with Crippen LogP contribution >= 0.6 is 0 Å². The van der Waals surface area contributed by atoms with Crippen molar-refractivity contribution in [2.75, 3.05) is 21.3 Å². The summed E-state index contributed by atoms with van der Waals surface area (Å²) >= 11 is 0. The maximum Gasteiger partial charge on any atom is 0.309 e. The number of hydrogen-bond donors (Lipinski definition) is 0. The van der Waals surface area contributed by atoms with E-state index in [9.17, 15) is 14.4 Å². The fourth-order valence-corrected chi connectivity index (χ4v) is 4.35. The lowest BCUT2D eigenvalue weighted by molar-refractivity contribution is -0.149. The Morgan fingerprint density at radius 3 is 2.21 bits per heavy atom. The van der Waals surface area contributed by atoms with Crippen LogP contribution in [0.25, 0.3) is 10.8 Å². The lowest BCUT2D eigenvalue weighted by atomic mass is 9.70. The second kappa shape index (κ2) is 8.64. The summed E-state index contributed by atoms with van der Waals surface area (Å²) in [6.45, 7) is 1.53. The first-order valence-electron chi connectivity index (χ1n) is 9.69. The molecular weight excluding hydrogens is 372 g/mol. The molecule has 0 bridgehead atoms. The van der Waals surface area contributed by atoms with Crippen molar-refractivity contribution in [3.8, 4) is 11.5 Å². The zero-order valence-electron chi connectivity index (χ0n) is 17.2. The molecule has 2 aromatic rings. The van der Waals surface area contributed by atoms with Crippen molar-refractivity contribution in [2.24, 2.45) is 17.8 Å². The molecule has 6 heteroatoms. The first-order valence-corrected chi connectivity index (χ1v) is 9.69. The van der Waals surface area contributed by atoms with Crippen molar-refractivity contribution < 1.29 is 28.6 Å². The Bertz CT molecular complexity index is 948. The number of ketones is 2. The average molecular weight is 398 g/mol. The van der Waals surface area contributed by atoms with E-state index < -0.39 is 17.8 Å². The van der Waals surface area contributed by atoms with Crippen molar-refractivity contribution in [1.29, 1.82) is 0 Å². The highest BCUT2D eigenvalue weighted by Gasteiger charge is 2.42. The molecule has 0 aliphatic heterocycles. The van der Waals surface area contributed by atoms with Crippen molar-refractivity contribution in [3.05, 3.63) is 35.9 Å². The summed E-state index contributed by atoms with van der Waals surface area (Å²) in [5.41, 5.74) is 0.353. The van der Waals surface area contributed by atoms with Crippen LogP contribution in [0.15, 0.2) is 30.3 Å². The van der Waals surface area contributed by atoms with Gasteiger partial charge in [0.15, 0.2) is 5.78 Å². The fourth-order valence-electron chi connectivity index (χ4n) is 4.35. The van der Waals surface area contributed by atoms with Crippen LogP contribution < -0.4 is 9.47 Å². The van der Waals surface area contributed by atoms with E-state index in [2.05, 4.69) is 0 Å². The predicted octanol–water partition coefficient (Wildman–Crippen LogP) is 3.83. The third kappa shape index (κ3) is 3.84. The minimum absolute atomic E-state index is 0.0363. The lowest BCUT2D eigenvalue weighted by Crippen LogP contribution is -2.38. The van der Waals surface area contributed by atoms with Gasteiger partial charge in [-0.1, -0.05) is 24.3 Å². The largest absolute Gasteiger partial charge is 0.496 e. The molecule has 0 radical (unpaired) electrons. The summed E-state index contributed by atoms with van der Waals surface area (Å²) in [5.74, 6) is -1.08. The lowest BCUT2D eigenvalue weighted by Gasteiger charge is -2.33. The molecule has 3 rings (SSSR count). The minimum atomic E-state index is -0.648. The zero-order chi connectivity index (χ0) is 21.1. The van der Waals surface area contributed by atoms with Gasteiger partial charge in [0.05, 0.1) is 32.8 Å². The fraction of sp³-hybridized carbons (Fsp3) is 0.435. The second-order valence-corrected chi connectivity index (χ2v) is 7.43. The molecule has 6 nitrogen and oxygen atoms in total. The van der Waals surface area contributed by atoms with Gasteiger partial charge >= 0.3 is 5.97 Å². The van der Waals surface area contributed by atoms with Crippen LogP contribution in [0, 0.1) is 17.8 Å². The Hall–Kier alpha value is -2.89. The number of esters is 1. The molecule has 154 valence electrons. The van der Waals surface area contributed by atoms with Gasteiger partial charge < -0.3 is 14.2 Å². The number of Topliss-reactive ketones (excluding diaryl/α,β-unsaturated/α-hetero) is 2. The van der Waals surface area contributed by atoms with E-state index in [4.69, 9.17) is 14.2 Å². The summed E-state index contributed by atoms with van der Waals surface area (Å²) in [6, 6.07) is 9.17. The Balaban J connectivity index is 2.12. The molecular formula is C23H26O6. The summed E-state index contributed by atoms with van der Waals surface area (Å²) in [7, 11) is 4.38. The highest BCUT2D eigenvalue weighted by atomic mass is 16.5. The molecule has 0 aromatic heterocycles. The molecule has 3 atom stereocenters. The molecule has 1 aliphatic carbocycles. The first kappa shape index (κ1) is 20.8. The van der Waals surface area contributed by atoms with Crippen LogP contribution in [0.3, 0.4) is 0 Å². The van der Waals surface area contributed by atoms with E-state index in [1.807, 2.05) is 24.3 Å². The number of fused-ring (bicyclic) bond motifs is 1. The number of benzene rings is 2. The SMILES string of the molecule is COC(=O)C1CCC(C(C)=O)CC1C(=O)c1cc(OC)c2ccccc2c1OC. The molecule has 0 heterocycles. The van der Waals surface area contributed by atoms with Gasteiger partial charge in [0.2, 0.25) is 0 Å². The van der Waals surface area contributed by atoms with Crippen molar-refractivity contribution in [2.45, 2.75) is 26.2 Å². The van der Waals surface area contributed by atoms with E-state index in [0.717, 1.165) is 10.8 Å². The monoisotopic (exact) mass is 398 g/mol. The van der Waals surface area contributed by atoms with Gasteiger partial charge in [0.25, 0.3) is 0 Å². The Morgan fingerprint density at radius 1 is 0.931 bits per heavy atom. The van der Waals surface area contributed by atoms with E-state index in [1.54, 1.807) is 13.2 Å². The summed E-state index contributed by atoms with van der Waals surface area (Å²) < 4.78 is 16.1. The molecule has 1 saturated carbocycles. The third-order valence-corrected chi connectivity index (χ3v) is 5.91. The number of rotatable bonds is 6. The van der Waals surface area contributed by atoms with E-state index in [-0.39, 0.29) is 17.5 Å². The van der Waals surface area contributed by atoms with Crippen LogP contribution in [-0.4, -0.2) is 38.9 Å². The van der Waals surface area contributed by atoms with Crippen LogP contribution in [0.1, 0.15) is 36.5 Å². The van der Waals surface area contributed by atoms with E-state index in [1.165, 1.54) is 21.1 Å². The Morgan fingerprint density at radius 2 is 1.62 bits per heavy atom. The highest BCUT2D eigenvalue weighted by molar-refractivity contribution is 6.09. The maximum absolute atomic E-state index is 13.6. The van der Waals surface area contributed by atoms with E-state index >= 15 is 0 Å². The number of ether oxygens (including phenoxy) is 3. The van der Waals surface area contributed by atoms with Gasteiger partial charge in [0, 0.05) is 22.6 Å². The number of carbonyl (C=O) groups is 3. The smallest absolute Gasteiger partial charge is 0.309 e. The maximum atomic E-state index is 13.6. The molecule has 1 aliphatic rings. The quantitative estimate of drug-likeness (QED) is 0.543.